The average Bonchev–Trinajstić information content (AvgIpc) is 3.10. The Kier molecular flexibility index (Phi) is 4.28. The minimum atomic E-state index is -3.37. The van der Waals surface area contributed by atoms with E-state index in [0.29, 0.717) is 17.5 Å². The molecular formula is C14H22N2O2S. The molecule has 2 N–H and O–H groups in total. The second-order valence-corrected chi connectivity index (χ2v) is 7.21. The first-order chi connectivity index (χ1) is 8.88. The Morgan fingerprint density at radius 3 is 2.58 bits per heavy atom. The lowest BCUT2D eigenvalue weighted by molar-refractivity contribution is 0.578. The van der Waals surface area contributed by atoms with Gasteiger partial charge in [0.1, 0.15) is 0 Å². The monoisotopic (exact) mass is 282 g/mol. The fourth-order valence-corrected chi connectivity index (χ4v) is 3.45. The van der Waals surface area contributed by atoms with Crippen LogP contribution in [-0.2, 0) is 16.6 Å². The van der Waals surface area contributed by atoms with Gasteiger partial charge < -0.3 is 5.32 Å². The van der Waals surface area contributed by atoms with Gasteiger partial charge in [0.25, 0.3) is 0 Å². The van der Waals surface area contributed by atoms with Gasteiger partial charge in [-0.2, -0.15) is 0 Å². The second kappa shape index (κ2) is 5.61. The van der Waals surface area contributed by atoms with Crippen LogP contribution in [-0.4, -0.2) is 20.5 Å². The first-order valence-electron chi connectivity index (χ1n) is 6.74. The number of hydrogen-bond donors (Lipinski definition) is 2. The molecule has 1 fully saturated rings. The Hall–Kier alpha value is -0.910. The lowest BCUT2D eigenvalue weighted by Crippen LogP contribution is -2.27. The molecule has 4 nitrogen and oxygen atoms in total. The molecule has 19 heavy (non-hydrogen) atoms. The molecule has 0 aromatic heterocycles. The molecular weight excluding hydrogens is 260 g/mol. The first-order valence-corrected chi connectivity index (χ1v) is 8.22. The number of benzene rings is 1. The van der Waals surface area contributed by atoms with E-state index in [1.54, 1.807) is 6.07 Å². The summed E-state index contributed by atoms with van der Waals surface area (Å²) in [5.41, 5.74) is 1.79. The van der Waals surface area contributed by atoms with Crippen molar-refractivity contribution in [3.8, 4) is 0 Å². The zero-order chi connectivity index (χ0) is 14.0. The molecule has 0 amide bonds. The molecule has 0 aliphatic heterocycles. The third kappa shape index (κ3) is 4.03. The third-order valence-corrected chi connectivity index (χ3v) is 4.82. The van der Waals surface area contributed by atoms with E-state index in [9.17, 15) is 8.42 Å². The molecule has 0 atom stereocenters. The summed E-state index contributed by atoms with van der Waals surface area (Å²) < 4.78 is 27.3. The molecule has 1 aliphatic rings. The maximum Gasteiger partial charge on any atom is 0.241 e. The number of hydrogen-bond acceptors (Lipinski definition) is 3. The van der Waals surface area contributed by atoms with Crippen LogP contribution >= 0.6 is 0 Å². The van der Waals surface area contributed by atoms with Crippen molar-refractivity contribution in [2.75, 3.05) is 0 Å². The molecule has 0 radical (unpaired) electrons. The predicted octanol–water partition coefficient (Wildman–Crippen LogP) is 1.93. The van der Waals surface area contributed by atoms with Crippen LogP contribution < -0.4 is 10.0 Å². The fraction of sp³-hybridized carbons (Fsp3) is 0.571. The summed E-state index contributed by atoms with van der Waals surface area (Å²) >= 11 is 0. The van der Waals surface area contributed by atoms with E-state index in [0.717, 1.165) is 24.0 Å². The van der Waals surface area contributed by atoms with E-state index in [-0.39, 0.29) is 6.04 Å². The Bertz CT molecular complexity index is 549. The van der Waals surface area contributed by atoms with Crippen LogP contribution in [0.1, 0.15) is 37.8 Å². The lowest BCUT2D eigenvalue weighted by atomic mass is 10.1. The molecule has 0 unspecified atom stereocenters. The molecule has 106 valence electrons. The van der Waals surface area contributed by atoms with E-state index in [2.05, 4.69) is 23.9 Å². The Balaban J connectivity index is 2.20. The minimum Gasteiger partial charge on any atom is -0.310 e. The van der Waals surface area contributed by atoms with Gasteiger partial charge in [0.2, 0.25) is 10.0 Å². The van der Waals surface area contributed by atoms with Crippen molar-refractivity contribution < 1.29 is 8.42 Å². The molecule has 0 spiro atoms. The number of rotatable bonds is 6. The van der Waals surface area contributed by atoms with E-state index < -0.39 is 10.0 Å². The van der Waals surface area contributed by atoms with E-state index in [1.807, 2.05) is 19.1 Å². The molecule has 0 heterocycles. The summed E-state index contributed by atoms with van der Waals surface area (Å²) in [4.78, 5) is 0.405. The Morgan fingerprint density at radius 1 is 1.32 bits per heavy atom. The highest BCUT2D eigenvalue weighted by atomic mass is 32.2. The van der Waals surface area contributed by atoms with Crippen molar-refractivity contribution in [3.05, 3.63) is 29.3 Å². The summed E-state index contributed by atoms with van der Waals surface area (Å²) in [5, 5.41) is 3.30. The van der Waals surface area contributed by atoms with Crippen LogP contribution in [0, 0.1) is 6.92 Å². The summed E-state index contributed by atoms with van der Waals surface area (Å²) in [6.07, 6.45) is 1.90. The number of sulfonamides is 1. The lowest BCUT2D eigenvalue weighted by Gasteiger charge is -2.12. The van der Waals surface area contributed by atoms with E-state index in [1.165, 1.54) is 0 Å². The molecule has 1 aromatic rings. The quantitative estimate of drug-likeness (QED) is 0.838. The first kappa shape index (κ1) is 14.5. The molecule has 0 saturated heterocycles. The molecule has 1 saturated carbocycles. The summed E-state index contributed by atoms with van der Waals surface area (Å²) in [7, 11) is -3.37. The van der Waals surface area contributed by atoms with Crippen LogP contribution in [0.5, 0.6) is 0 Å². The minimum absolute atomic E-state index is 0.141. The number of nitrogens with one attached hydrogen (secondary N) is 2. The van der Waals surface area contributed by atoms with Gasteiger partial charge in [-0.3, -0.25) is 0 Å². The third-order valence-electron chi connectivity index (χ3n) is 3.16. The van der Waals surface area contributed by atoms with Gasteiger partial charge in [-0.15, -0.1) is 0 Å². The Morgan fingerprint density at radius 2 is 2.00 bits per heavy atom. The fourth-order valence-electron chi connectivity index (χ4n) is 1.85. The van der Waals surface area contributed by atoms with Crippen LogP contribution in [0.3, 0.4) is 0 Å². The SMILES string of the molecule is Cc1ccc(CNC(C)C)cc1S(=O)(=O)NC1CC1. The van der Waals surface area contributed by atoms with Gasteiger partial charge >= 0.3 is 0 Å². The van der Waals surface area contributed by atoms with Gasteiger partial charge in [0, 0.05) is 18.6 Å². The van der Waals surface area contributed by atoms with Gasteiger partial charge in [-0.05, 0) is 37.0 Å². The van der Waals surface area contributed by atoms with Gasteiger partial charge in [0.15, 0.2) is 0 Å². The van der Waals surface area contributed by atoms with Crippen molar-refractivity contribution in [1.82, 2.24) is 10.0 Å². The average molecular weight is 282 g/mol. The smallest absolute Gasteiger partial charge is 0.241 e. The molecule has 2 rings (SSSR count). The van der Waals surface area contributed by atoms with Crippen molar-refractivity contribution in [2.45, 2.75) is 57.1 Å². The maximum absolute atomic E-state index is 12.3. The molecule has 1 aromatic carbocycles. The largest absolute Gasteiger partial charge is 0.310 e. The zero-order valence-electron chi connectivity index (χ0n) is 11.7. The Labute approximate surface area is 115 Å². The summed E-state index contributed by atoms with van der Waals surface area (Å²) in [6, 6.07) is 6.14. The van der Waals surface area contributed by atoms with Gasteiger partial charge in [0.05, 0.1) is 4.90 Å². The highest BCUT2D eigenvalue weighted by Crippen LogP contribution is 2.24. The van der Waals surface area contributed by atoms with Gasteiger partial charge in [-0.25, -0.2) is 13.1 Å². The predicted molar refractivity (Wildman–Crippen MR) is 76.5 cm³/mol. The van der Waals surface area contributed by atoms with Crippen LogP contribution in [0.15, 0.2) is 23.1 Å². The van der Waals surface area contributed by atoms with Crippen molar-refractivity contribution in [1.29, 1.82) is 0 Å². The van der Waals surface area contributed by atoms with Crippen molar-refractivity contribution >= 4 is 10.0 Å². The van der Waals surface area contributed by atoms with Crippen molar-refractivity contribution in [2.24, 2.45) is 0 Å². The topological polar surface area (TPSA) is 58.2 Å². The maximum atomic E-state index is 12.3. The second-order valence-electron chi connectivity index (χ2n) is 5.53. The van der Waals surface area contributed by atoms with Gasteiger partial charge in [-0.1, -0.05) is 26.0 Å². The van der Waals surface area contributed by atoms with E-state index in [4.69, 9.17) is 0 Å². The van der Waals surface area contributed by atoms with Crippen molar-refractivity contribution in [3.63, 3.8) is 0 Å². The number of aryl methyl sites for hydroxylation is 1. The highest BCUT2D eigenvalue weighted by Gasteiger charge is 2.28. The molecule has 0 bridgehead atoms. The van der Waals surface area contributed by atoms with Crippen LogP contribution in [0.2, 0.25) is 0 Å². The standard InChI is InChI=1S/C14H22N2O2S/c1-10(2)15-9-12-5-4-11(3)14(8-12)19(17,18)16-13-6-7-13/h4-5,8,10,13,15-16H,6-7,9H2,1-3H3. The zero-order valence-corrected chi connectivity index (χ0v) is 12.5. The summed E-state index contributed by atoms with van der Waals surface area (Å²) in [6.45, 7) is 6.66. The van der Waals surface area contributed by atoms with Crippen LogP contribution in [0.25, 0.3) is 0 Å². The van der Waals surface area contributed by atoms with Crippen LogP contribution in [0.4, 0.5) is 0 Å². The summed E-state index contributed by atoms with van der Waals surface area (Å²) in [5.74, 6) is 0. The molecule has 1 aliphatic carbocycles. The normalized spacial score (nSPS) is 16.0. The molecule has 5 heteroatoms. The van der Waals surface area contributed by atoms with E-state index >= 15 is 0 Å². The highest BCUT2D eigenvalue weighted by molar-refractivity contribution is 7.89.